The van der Waals surface area contributed by atoms with E-state index in [1.807, 2.05) is 32.4 Å². The minimum Gasteiger partial charge on any atom is -0.395 e. The fourth-order valence-corrected chi connectivity index (χ4v) is 17.4. The lowest BCUT2D eigenvalue weighted by molar-refractivity contribution is 0.299. The van der Waals surface area contributed by atoms with Crippen molar-refractivity contribution in [2.24, 2.45) is 0 Å². The van der Waals surface area contributed by atoms with Gasteiger partial charge in [-0.3, -0.25) is 0 Å². The van der Waals surface area contributed by atoms with Crippen molar-refractivity contribution in [3.63, 3.8) is 0 Å². The normalized spacial score (nSPS) is 17.1. The van der Waals surface area contributed by atoms with Crippen LogP contribution in [0, 0.1) is 0 Å². The van der Waals surface area contributed by atoms with Gasteiger partial charge in [-0.15, -0.1) is 0 Å². The molecule has 0 aromatic rings. The third kappa shape index (κ3) is 5.31. The summed E-state index contributed by atoms with van der Waals surface area (Å²) in [6.07, 6.45) is 0. The molecule has 100 valence electrons. The van der Waals surface area contributed by atoms with Crippen LogP contribution in [0.4, 0.5) is 0 Å². The smallest absolute Gasteiger partial charge is 0.0555 e. The van der Waals surface area contributed by atoms with E-state index in [1.165, 1.54) is 0 Å². The highest BCUT2D eigenvalue weighted by Gasteiger charge is 2.33. The van der Waals surface area contributed by atoms with Crippen LogP contribution < -0.4 is 0 Å². The molecule has 0 aliphatic heterocycles. The highest BCUT2D eigenvalue weighted by molar-refractivity contribution is 9.48. The Kier molecular flexibility index (Phi) is 10.0. The molecule has 2 unspecified atom stereocenters. The van der Waals surface area contributed by atoms with Gasteiger partial charge in [-0.2, -0.15) is 0 Å². The third-order valence-corrected chi connectivity index (χ3v) is 17.9. The molecular weight excluding hydrogens is 280 g/mol. The van der Waals surface area contributed by atoms with E-state index in [4.69, 9.17) is 0 Å². The standard InChI is InChI=1S/C10H24O2S4/c1-5-13-16(14-6-2,10(4)8-12)15-9(3)7-11/h9-12H,5-8H2,1-4H3. The van der Waals surface area contributed by atoms with E-state index < -0.39 is 7.12 Å². The topological polar surface area (TPSA) is 40.5 Å². The molecule has 0 fully saturated rings. The molecule has 0 heterocycles. The molecule has 2 N–H and O–H groups in total. The van der Waals surface area contributed by atoms with Crippen molar-refractivity contribution < 1.29 is 10.2 Å². The molecule has 0 bridgehead atoms. The van der Waals surface area contributed by atoms with Crippen molar-refractivity contribution in [3.8, 4) is 0 Å². The molecule has 0 aromatic heterocycles. The van der Waals surface area contributed by atoms with Crippen LogP contribution in [0.2, 0.25) is 0 Å². The molecule has 2 nitrogen and oxygen atoms in total. The molecule has 16 heavy (non-hydrogen) atoms. The van der Waals surface area contributed by atoms with Crippen molar-refractivity contribution in [3.05, 3.63) is 0 Å². The first-order chi connectivity index (χ1) is 7.56. The second kappa shape index (κ2) is 9.28. The van der Waals surface area contributed by atoms with E-state index in [2.05, 4.69) is 27.7 Å². The predicted molar refractivity (Wildman–Crippen MR) is 84.5 cm³/mol. The lowest BCUT2D eigenvalue weighted by Gasteiger charge is -2.42. The Bertz CT molecular complexity index is 174. The van der Waals surface area contributed by atoms with Crippen molar-refractivity contribution >= 4 is 39.5 Å². The molecular formula is C10H24O2S4. The van der Waals surface area contributed by atoms with Gasteiger partial charge in [0.1, 0.15) is 0 Å². The summed E-state index contributed by atoms with van der Waals surface area (Å²) >= 11 is 0. The Labute approximate surface area is 112 Å². The maximum absolute atomic E-state index is 9.43. The average molecular weight is 305 g/mol. The van der Waals surface area contributed by atoms with Gasteiger partial charge in [0.05, 0.1) is 13.2 Å². The Morgan fingerprint density at radius 3 is 1.81 bits per heavy atom. The number of aliphatic hydroxyl groups excluding tert-OH is 2. The van der Waals surface area contributed by atoms with Gasteiger partial charge in [-0.25, -0.2) is 0 Å². The van der Waals surface area contributed by atoms with Gasteiger partial charge in [-0.05, 0) is 0 Å². The van der Waals surface area contributed by atoms with Gasteiger partial charge in [0.15, 0.2) is 0 Å². The summed E-state index contributed by atoms with van der Waals surface area (Å²) < 4.78 is 0. The SMILES string of the molecule is CCSS(SCC)(SC(C)CO)C(C)CO. The average Bonchev–Trinajstić information content (AvgIpc) is 2.28. The van der Waals surface area contributed by atoms with Gasteiger partial charge in [0, 0.05) is 22.0 Å². The van der Waals surface area contributed by atoms with E-state index in [0.29, 0.717) is 5.25 Å². The first-order valence-electron chi connectivity index (χ1n) is 5.57. The number of hydrogen-bond donors (Lipinski definition) is 2. The van der Waals surface area contributed by atoms with Crippen LogP contribution in [-0.4, -0.2) is 45.4 Å². The molecule has 0 aliphatic rings. The first-order valence-corrected chi connectivity index (χ1v) is 11.7. The molecule has 0 saturated carbocycles. The molecule has 0 saturated heterocycles. The Morgan fingerprint density at radius 2 is 1.50 bits per heavy atom. The quantitative estimate of drug-likeness (QED) is 0.638. The molecule has 0 aliphatic carbocycles. The van der Waals surface area contributed by atoms with Crippen molar-refractivity contribution in [1.29, 1.82) is 0 Å². The highest BCUT2D eigenvalue weighted by Crippen LogP contribution is 2.81. The second-order valence-electron chi connectivity index (χ2n) is 3.39. The van der Waals surface area contributed by atoms with Crippen LogP contribution >= 0.6 is 39.5 Å². The maximum Gasteiger partial charge on any atom is 0.0555 e. The lowest BCUT2D eigenvalue weighted by Crippen LogP contribution is -2.15. The van der Waals surface area contributed by atoms with Gasteiger partial charge >= 0.3 is 0 Å². The fraction of sp³-hybridized carbons (Fsp3) is 1.00. The summed E-state index contributed by atoms with van der Waals surface area (Å²) in [7, 11) is 4.80. The predicted octanol–water partition coefficient (Wildman–Crippen LogP) is 3.54. The number of hydrogen-bond acceptors (Lipinski definition) is 5. The zero-order chi connectivity index (χ0) is 12.6. The number of rotatable bonds is 9. The molecule has 0 aromatic carbocycles. The Balaban J connectivity index is 4.76. The van der Waals surface area contributed by atoms with E-state index >= 15 is 0 Å². The van der Waals surface area contributed by atoms with Crippen LogP contribution in [0.1, 0.15) is 27.7 Å². The molecule has 0 spiro atoms. The summed E-state index contributed by atoms with van der Waals surface area (Å²) in [4.78, 5) is 0. The van der Waals surface area contributed by atoms with Crippen LogP contribution in [0.25, 0.3) is 0 Å². The van der Waals surface area contributed by atoms with Gasteiger partial charge in [0.25, 0.3) is 0 Å². The first kappa shape index (κ1) is 17.3. The van der Waals surface area contributed by atoms with Crippen LogP contribution in [0.15, 0.2) is 0 Å². The number of aliphatic hydroxyl groups is 2. The lowest BCUT2D eigenvalue weighted by atomic mass is 10.5. The summed E-state index contributed by atoms with van der Waals surface area (Å²) in [5.41, 5.74) is 0. The van der Waals surface area contributed by atoms with Crippen molar-refractivity contribution in [1.82, 2.24) is 0 Å². The Morgan fingerprint density at radius 1 is 1.00 bits per heavy atom. The molecule has 0 amide bonds. The third-order valence-electron chi connectivity index (χ3n) is 1.87. The monoisotopic (exact) mass is 304 g/mol. The van der Waals surface area contributed by atoms with Crippen LogP contribution in [-0.2, 0) is 0 Å². The van der Waals surface area contributed by atoms with E-state index in [-0.39, 0.29) is 18.5 Å². The minimum absolute atomic E-state index is 0.214. The van der Waals surface area contributed by atoms with Gasteiger partial charge in [-0.1, -0.05) is 67.2 Å². The fourth-order valence-electron chi connectivity index (χ4n) is 1.10. The van der Waals surface area contributed by atoms with Crippen LogP contribution in [0.3, 0.4) is 0 Å². The molecule has 6 heteroatoms. The maximum atomic E-state index is 9.43. The van der Waals surface area contributed by atoms with Gasteiger partial charge < -0.3 is 10.2 Å². The second-order valence-corrected chi connectivity index (χ2v) is 16.4. The van der Waals surface area contributed by atoms with E-state index in [0.717, 1.165) is 11.5 Å². The molecule has 2 atom stereocenters. The molecule has 0 radical (unpaired) electrons. The summed E-state index contributed by atoms with van der Waals surface area (Å²) in [6.45, 7) is 8.96. The minimum atomic E-state index is -0.997. The summed E-state index contributed by atoms with van der Waals surface area (Å²) in [5, 5.41) is 19.2. The van der Waals surface area contributed by atoms with Crippen LogP contribution in [0.5, 0.6) is 0 Å². The van der Waals surface area contributed by atoms with E-state index in [9.17, 15) is 10.2 Å². The Hall–Kier alpha value is 1.32. The summed E-state index contributed by atoms with van der Waals surface area (Å²) in [6, 6.07) is 0. The van der Waals surface area contributed by atoms with Crippen molar-refractivity contribution in [2.75, 3.05) is 24.7 Å². The van der Waals surface area contributed by atoms with E-state index in [1.54, 1.807) is 0 Å². The highest BCUT2D eigenvalue weighted by atomic mass is 33.8. The van der Waals surface area contributed by atoms with Gasteiger partial charge in [0.2, 0.25) is 0 Å². The zero-order valence-corrected chi connectivity index (χ0v) is 13.8. The van der Waals surface area contributed by atoms with Crippen molar-refractivity contribution in [2.45, 2.75) is 38.2 Å². The zero-order valence-electron chi connectivity index (χ0n) is 10.5. The molecule has 0 rings (SSSR count). The summed E-state index contributed by atoms with van der Waals surface area (Å²) in [5.74, 6) is 2.13. The largest absolute Gasteiger partial charge is 0.395 e.